The molecule has 6 nitrogen and oxygen atoms in total. The lowest BCUT2D eigenvalue weighted by molar-refractivity contribution is -0.138. The van der Waals surface area contributed by atoms with Crippen LogP contribution in [0.5, 0.6) is 11.5 Å². The van der Waals surface area contributed by atoms with E-state index in [1.165, 1.54) is 0 Å². The van der Waals surface area contributed by atoms with Crippen LogP contribution >= 0.6 is 0 Å². The van der Waals surface area contributed by atoms with Crippen molar-refractivity contribution in [3.8, 4) is 17.6 Å². The Morgan fingerprint density at radius 1 is 1.04 bits per heavy atom. The zero-order chi connectivity index (χ0) is 19.2. The largest absolute Gasteiger partial charge is 0.495 e. The number of piperazine rings is 1. The Morgan fingerprint density at radius 2 is 1.67 bits per heavy atom. The Balaban J connectivity index is 1.60. The minimum atomic E-state index is -0.641. The van der Waals surface area contributed by atoms with Crippen molar-refractivity contribution in [2.75, 3.05) is 38.2 Å². The second-order valence-electron chi connectivity index (χ2n) is 6.35. The number of ether oxygens (including phenoxy) is 2. The summed E-state index contributed by atoms with van der Waals surface area (Å²) in [7, 11) is 1.66. The third kappa shape index (κ3) is 4.14. The summed E-state index contributed by atoms with van der Waals surface area (Å²) in [6.45, 7) is 4.42. The number of amides is 1. The first kappa shape index (κ1) is 18.6. The first-order valence-electron chi connectivity index (χ1n) is 8.96. The van der Waals surface area contributed by atoms with Gasteiger partial charge in [0, 0.05) is 26.2 Å². The van der Waals surface area contributed by atoms with Gasteiger partial charge in [-0.1, -0.05) is 24.3 Å². The summed E-state index contributed by atoms with van der Waals surface area (Å²) < 4.78 is 11.2. The highest BCUT2D eigenvalue weighted by molar-refractivity contribution is 5.81. The van der Waals surface area contributed by atoms with Crippen LogP contribution in [-0.2, 0) is 4.79 Å². The fourth-order valence-corrected chi connectivity index (χ4v) is 3.22. The number of rotatable bonds is 5. The van der Waals surface area contributed by atoms with Gasteiger partial charge in [-0.15, -0.1) is 0 Å². The Morgan fingerprint density at radius 3 is 2.33 bits per heavy atom. The van der Waals surface area contributed by atoms with Gasteiger partial charge in [0.25, 0.3) is 5.91 Å². The third-order valence-electron chi connectivity index (χ3n) is 4.68. The molecule has 0 N–H and O–H groups in total. The molecule has 1 fully saturated rings. The third-order valence-corrected chi connectivity index (χ3v) is 4.68. The van der Waals surface area contributed by atoms with Gasteiger partial charge in [0.15, 0.2) is 6.10 Å². The number of carbonyl (C=O) groups is 1. The Hall–Kier alpha value is -3.20. The summed E-state index contributed by atoms with van der Waals surface area (Å²) >= 11 is 0. The molecule has 0 radical (unpaired) electrons. The first-order chi connectivity index (χ1) is 13.1. The van der Waals surface area contributed by atoms with Gasteiger partial charge < -0.3 is 19.3 Å². The van der Waals surface area contributed by atoms with Crippen LogP contribution in [0.4, 0.5) is 5.69 Å². The van der Waals surface area contributed by atoms with E-state index in [0.29, 0.717) is 24.4 Å². The number of benzene rings is 2. The highest BCUT2D eigenvalue weighted by Crippen LogP contribution is 2.28. The van der Waals surface area contributed by atoms with Crippen molar-refractivity contribution < 1.29 is 14.3 Å². The predicted molar refractivity (Wildman–Crippen MR) is 103 cm³/mol. The van der Waals surface area contributed by atoms with E-state index in [4.69, 9.17) is 14.7 Å². The van der Waals surface area contributed by atoms with Gasteiger partial charge in [0.05, 0.1) is 18.4 Å². The molecule has 1 amide bonds. The van der Waals surface area contributed by atoms with Gasteiger partial charge >= 0.3 is 0 Å². The molecule has 0 saturated carbocycles. The lowest BCUT2D eigenvalue weighted by Crippen LogP contribution is -2.52. The average Bonchev–Trinajstić information content (AvgIpc) is 2.73. The molecule has 0 aromatic heterocycles. The molecule has 0 spiro atoms. The molecule has 140 valence electrons. The summed E-state index contributed by atoms with van der Waals surface area (Å²) in [6, 6.07) is 16.9. The second kappa shape index (κ2) is 8.45. The van der Waals surface area contributed by atoms with Crippen LogP contribution in [0, 0.1) is 11.3 Å². The SMILES string of the molecule is COc1ccccc1N1CCN(C(=O)C(C)Oc2ccccc2C#N)CC1. The van der Waals surface area contributed by atoms with E-state index in [2.05, 4.69) is 11.0 Å². The van der Waals surface area contributed by atoms with Gasteiger partial charge in [-0.3, -0.25) is 4.79 Å². The van der Waals surface area contributed by atoms with Crippen LogP contribution in [0.25, 0.3) is 0 Å². The van der Waals surface area contributed by atoms with Crippen LogP contribution in [0.15, 0.2) is 48.5 Å². The molecule has 2 aromatic rings. The highest BCUT2D eigenvalue weighted by atomic mass is 16.5. The fourth-order valence-electron chi connectivity index (χ4n) is 3.22. The fraction of sp³-hybridized carbons (Fsp3) is 0.333. The molecule has 27 heavy (non-hydrogen) atoms. The monoisotopic (exact) mass is 365 g/mol. The summed E-state index contributed by atoms with van der Waals surface area (Å²) in [5.74, 6) is 1.21. The number of anilines is 1. The maximum atomic E-state index is 12.7. The van der Waals surface area contributed by atoms with Crippen molar-refractivity contribution in [2.24, 2.45) is 0 Å². The van der Waals surface area contributed by atoms with E-state index in [1.807, 2.05) is 29.2 Å². The van der Waals surface area contributed by atoms with Crippen LogP contribution in [0.3, 0.4) is 0 Å². The zero-order valence-corrected chi connectivity index (χ0v) is 15.6. The molecule has 1 aliphatic heterocycles. The molecule has 1 saturated heterocycles. The van der Waals surface area contributed by atoms with Gasteiger partial charge in [-0.05, 0) is 31.2 Å². The van der Waals surface area contributed by atoms with E-state index in [9.17, 15) is 4.79 Å². The number of hydrogen-bond acceptors (Lipinski definition) is 5. The summed E-state index contributed by atoms with van der Waals surface area (Å²) in [5.41, 5.74) is 1.47. The smallest absolute Gasteiger partial charge is 0.263 e. The van der Waals surface area contributed by atoms with E-state index in [-0.39, 0.29) is 5.91 Å². The molecule has 0 bridgehead atoms. The highest BCUT2D eigenvalue weighted by Gasteiger charge is 2.27. The van der Waals surface area contributed by atoms with Crippen molar-refractivity contribution in [1.82, 2.24) is 4.90 Å². The average molecular weight is 365 g/mol. The Bertz CT molecular complexity index is 839. The van der Waals surface area contributed by atoms with Crippen LogP contribution in [0.2, 0.25) is 0 Å². The van der Waals surface area contributed by atoms with Gasteiger partial charge in [-0.2, -0.15) is 5.26 Å². The summed E-state index contributed by atoms with van der Waals surface area (Å²) in [5, 5.41) is 9.16. The number of methoxy groups -OCH3 is 1. The van der Waals surface area contributed by atoms with Crippen LogP contribution in [0.1, 0.15) is 12.5 Å². The Labute approximate surface area is 159 Å². The number of nitrogens with zero attached hydrogens (tertiary/aromatic N) is 3. The minimum Gasteiger partial charge on any atom is -0.495 e. The number of carbonyl (C=O) groups excluding carboxylic acids is 1. The summed E-state index contributed by atoms with van der Waals surface area (Å²) in [4.78, 5) is 16.8. The number of nitriles is 1. The maximum absolute atomic E-state index is 12.7. The van der Waals surface area contributed by atoms with E-state index in [1.54, 1.807) is 38.3 Å². The van der Waals surface area contributed by atoms with Crippen LogP contribution < -0.4 is 14.4 Å². The quantitative estimate of drug-likeness (QED) is 0.815. The Kier molecular flexibility index (Phi) is 5.82. The van der Waals surface area contributed by atoms with Crippen molar-refractivity contribution in [3.63, 3.8) is 0 Å². The maximum Gasteiger partial charge on any atom is 0.263 e. The molecule has 1 unspecified atom stereocenters. The zero-order valence-electron chi connectivity index (χ0n) is 15.6. The molecule has 1 atom stereocenters. The molecular weight excluding hydrogens is 342 g/mol. The molecule has 2 aromatic carbocycles. The molecule has 1 heterocycles. The van der Waals surface area contributed by atoms with Crippen molar-refractivity contribution >= 4 is 11.6 Å². The standard InChI is InChI=1S/C21H23N3O3/c1-16(27-19-9-5-3-7-17(19)15-22)21(25)24-13-11-23(12-14-24)18-8-4-6-10-20(18)26-2/h3-10,16H,11-14H2,1-2H3. The minimum absolute atomic E-state index is 0.0672. The van der Waals surface area contributed by atoms with Crippen molar-refractivity contribution in [1.29, 1.82) is 5.26 Å². The van der Waals surface area contributed by atoms with Gasteiger partial charge in [0.2, 0.25) is 0 Å². The summed E-state index contributed by atoms with van der Waals surface area (Å²) in [6.07, 6.45) is -0.641. The van der Waals surface area contributed by atoms with E-state index in [0.717, 1.165) is 24.5 Å². The lowest BCUT2D eigenvalue weighted by atomic mass is 10.2. The second-order valence-corrected chi connectivity index (χ2v) is 6.35. The van der Waals surface area contributed by atoms with Crippen molar-refractivity contribution in [3.05, 3.63) is 54.1 Å². The van der Waals surface area contributed by atoms with Crippen LogP contribution in [-0.4, -0.2) is 50.2 Å². The first-order valence-corrected chi connectivity index (χ1v) is 8.96. The molecule has 0 aliphatic carbocycles. The lowest BCUT2D eigenvalue weighted by Gasteiger charge is -2.37. The number of hydrogen-bond donors (Lipinski definition) is 0. The number of para-hydroxylation sites is 3. The molecular formula is C21H23N3O3. The molecule has 1 aliphatic rings. The van der Waals surface area contributed by atoms with Crippen molar-refractivity contribution in [2.45, 2.75) is 13.0 Å². The van der Waals surface area contributed by atoms with E-state index >= 15 is 0 Å². The molecule has 3 rings (SSSR count). The van der Waals surface area contributed by atoms with Gasteiger partial charge in [-0.25, -0.2) is 0 Å². The van der Waals surface area contributed by atoms with Gasteiger partial charge in [0.1, 0.15) is 17.6 Å². The van der Waals surface area contributed by atoms with E-state index < -0.39 is 6.10 Å². The predicted octanol–water partition coefficient (Wildman–Crippen LogP) is 2.68. The molecule has 6 heteroatoms. The topological polar surface area (TPSA) is 65.8 Å². The normalized spacial score (nSPS) is 15.0.